The molecule has 1 aromatic carbocycles. The predicted molar refractivity (Wildman–Crippen MR) is 65.2 cm³/mol. The molecule has 0 aliphatic heterocycles. The summed E-state index contributed by atoms with van der Waals surface area (Å²) in [5.41, 5.74) is 0.192. The molecule has 1 unspecified atom stereocenters. The summed E-state index contributed by atoms with van der Waals surface area (Å²) >= 11 is 21.9. The van der Waals surface area contributed by atoms with Crippen LogP contribution in [0.4, 0.5) is 0 Å². The summed E-state index contributed by atoms with van der Waals surface area (Å²) in [5, 5.41) is 11.7. The van der Waals surface area contributed by atoms with Crippen molar-refractivity contribution < 1.29 is 9.90 Å². The first-order chi connectivity index (χ1) is 7.32. The highest BCUT2D eigenvalue weighted by Gasteiger charge is 2.32. The van der Waals surface area contributed by atoms with Crippen molar-refractivity contribution in [2.45, 2.75) is 10.0 Å². The molecule has 0 radical (unpaired) electrons. The SMILES string of the molecule is O=C(NC(O)C(Cl)(Cl)Cl)c1ccccc1Cl. The van der Waals surface area contributed by atoms with Crippen molar-refractivity contribution in [3.8, 4) is 0 Å². The average Bonchev–Trinajstić information content (AvgIpc) is 2.16. The van der Waals surface area contributed by atoms with Crippen LogP contribution in [0.25, 0.3) is 0 Å². The second kappa shape index (κ2) is 5.43. The van der Waals surface area contributed by atoms with E-state index in [0.29, 0.717) is 0 Å². The van der Waals surface area contributed by atoms with Gasteiger partial charge in [-0.3, -0.25) is 4.79 Å². The number of nitrogens with one attached hydrogen (secondary N) is 1. The number of hydrogen-bond acceptors (Lipinski definition) is 2. The molecule has 0 saturated carbocycles. The highest BCUT2D eigenvalue weighted by Crippen LogP contribution is 2.29. The van der Waals surface area contributed by atoms with Crippen molar-refractivity contribution in [2.75, 3.05) is 0 Å². The maximum absolute atomic E-state index is 11.6. The summed E-state index contributed by atoms with van der Waals surface area (Å²) in [4.78, 5) is 11.6. The fourth-order valence-electron chi connectivity index (χ4n) is 0.929. The van der Waals surface area contributed by atoms with Crippen LogP contribution in [0, 0.1) is 0 Å². The Hall–Kier alpha value is -0.190. The summed E-state index contributed by atoms with van der Waals surface area (Å²) in [5.74, 6) is -0.621. The molecule has 1 rings (SSSR count). The van der Waals surface area contributed by atoms with Crippen LogP contribution in [-0.4, -0.2) is 21.0 Å². The predicted octanol–water partition coefficient (Wildman–Crippen LogP) is 2.76. The van der Waals surface area contributed by atoms with Crippen LogP contribution in [0.5, 0.6) is 0 Å². The Morgan fingerprint density at radius 3 is 2.38 bits per heavy atom. The molecule has 0 aliphatic carbocycles. The van der Waals surface area contributed by atoms with Crippen LogP contribution >= 0.6 is 46.4 Å². The summed E-state index contributed by atoms with van der Waals surface area (Å²) in [6, 6.07) is 6.33. The van der Waals surface area contributed by atoms with Gasteiger partial charge in [-0.15, -0.1) is 0 Å². The van der Waals surface area contributed by atoms with Crippen LogP contribution in [0.2, 0.25) is 5.02 Å². The first-order valence-electron chi connectivity index (χ1n) is 4.12. The van der Waals surface area contributed by atoms with E-state index in [1.807, 2.05) is 0 Å². The molecule has 88 valence electrons. The number of alkyl halides is 3. The van der Waals surface area contributed by atoms with Crippen molar-refractivity contribution in [1.82, 2.24) is 5.32 Å². The van der Waals surface area contributed by atoms with Gasteiger partial charge in [-0.2, -0.15) is 0 Å². The van der Waals surface area contributed by atoms with E-state index in [0.717, 1.165) is 0 Å². The molecule has 0 aromatic heterocycles. The third-order valence-corrected chi connectivity index (χ3v) is 2.65. The number of hydrogen-bond donors (Lipinski definition) is 2. The second-order valence-electron chi connectivity index (χ2n) is 2.90. The number of rotatable bonds is 2. The van der Waals surface area contributed by atoms with Crippen molar-refractivity contribution in [2.24, 2.45) is 0 Å². The molecule has 0 saturated heterocycles. The lowest BCUT2D eigenvalue weighted by Gasteiger charge is -2.20. The van der Waals surface area contributed by atoms with Gasteiger partial charge in [0.05, 0.1) is 10.6 Å². The van der Waals surface area contributed by atoms with Gasteiger partial charge in [0.25, 0.3) is 5.91 Å². The van der Waals surface area contributed by atoms with Gasteiger partial charge in [0.15, 0.2) is 6.23 Å². The standard InChI is InChI=1S/C9H7Cl4NO2/c10-6-4-2-1-3-5(6)7(15)14-8(16)9(11,12)13/h1-4,8,16H,(H,14,15). The van der Waals surface area contributed by atoms with Gasteiger partial charge in [0.1, 0.15) is 0 Å². The van der Waals surface area contributed by atoms with E-state index in [4.69, 9.17) is 46.4 Å². The lowest BCUT2D eigenvalue weighted by molar-refractivity contribution is 0.0792. The molecular formula is C9H7Cl4NO2. The minimum absolute atomic E-state index is 0.192. The largest absolute Gasteiger partial charge is 0.369 e. The van der Waals surface area contributed by atoms with Gasteiger partial charge in [0, 0.05) is 0 Å². The molecule has 3 nitrogen and oxygen atoms in total. The van der Waals surface area contributed by atoms with Crippen molar-refractivity contribution in [3.05, 3.63) is 34.9 Å². The normalized spacial score (nSPS) is 13.3. The first-order valence-corrected chi connectivity index (χ1v) is 5.63. The fourth-order valence-corrected chi connectivity index (χ4v) is 1.31. The van der Waals surface area contributed by atoms with Crippen molar-refractivity contribution in [3.63, 3.8) is 0 Å². The highest BCUT2D eigenvalue weighted by atomic mass is 35.6. The van der Waals surface area contributed by atoms with Crippen LogP contribution < -0.4 is 5.32 Å². The minimum atomic E-state index is -1.99. The lowest BCUT2D eigenvalue weighted by atomic mass is 10.2. The third-order valence-electron chi connectivity index (χ3n) is 1.70. The van der Waals surface area contributed by atoms with E-state index in [-0.39, 0.29) is 10.6 Å². The Kier molecular flexibility index (Phi) is 4.71. The van der Waals surface area contributed by atoms with Gasteiger partial charge in [-0.1, -0.05) is 58.5 Å². The summed E-state index contributed by atoms with van der Waals surface area (Å²) in [6.45, 7) is 0. The zero-order valence-electron chi connectivity index (χ0n) is 7.75. The van der Waals surface area contributed by atoms with Crippen LogP contribution in [0.3, 0.4) is 0 Å². The summed E-state index contributed by atoms with van der Waals surface area (Å²) in [6.07, 6.45) is -1.61. The number of carbonyl (C=O) groups excluding carboxylic acids is 1. The van der Waals surface area contributed by atoms with E-state index in [1.54, 1.807) is 12.1 Å². The average molecular weight is 303 g/mol. The van der Waals surface area contributed by atoms with E-state index in [2.05, 4.69) is 5.32 Å². The van der Waals surface area contributed by atoms with Crippen LogP contribution in [0.1, 0.15) is 10.4 Å². The quantitative estimate of drug-likeness (QED) is 0.652. The number of benzene rings is 1. The highest BCUT2D eigenvalue weighted by molar-refractivity contribution is 6.68. The first kappa shape index (κ1) is 13.9. The lowest BCUT2D eigenvalue weighted by Crippen LogP contribution is -2.43. The van der Waals surface area contributed by atoms with Gasteiger partial charge in [0.2, 0.25) is 3.79 Å². The Morgan fingerprint density at radius 1 is 1.31 bits per heavy atom. The number of carbonyl (C=O) groups is 1. The molecule has 0 heterocycles. The van der Waals surface area contributed by atoms with Gasteiger partial charge in [-0.05, 0) is 12.1 Å². The molecule has 0 aliphatic rings. The Morgan fingerprint density at radius 2 is 1.88 bits per heavy atom. The minimum Gasteiger partial charge on any atom is -0.369 e. The van der Waals surface area contributed by atoms with E-state index < -0.39 is 15.9 Å². The molecule has 7 heteroatoms. The van der Waals surface area contributed by atoms with Gasteiger partial charge < -0.3 is 10.4 Å². The summed E-state index contributed by atoms with van der Waals surface area (Å²) < 4.78 is -1.99. The number of aliphatic hydroxyl groups is 1. The van der Waals surface area contributed by atoms with Crippen molar-refractivity contribution in [1.29, 1.82) is 0 Å². The molecule has 1 aromatic rings. The van der Waals surface area contributed by atoms with Gasteiger partial charge in [-0.25, -0.2) is 0 Å². The second-order valence-corrected chi connectivity index (χ2v) is 5.67. The Labute approximate surface area is 112 Å². The molecule has 0 bridgehead atoms. The third kappa shape index (κ3) is 3.68. The summed E-state index contributed by atoms with van der Waals surface area (Å²) in [7, 11) is 0. The molecule has 16 heavy (non-hydrogen) atoms. The monoisotopic (exact) mass is 301 g/mol. The van der Waals surface area contributed by atoms with E-state index in [9.17, 15) is 9.90 Å². The maximum Gasteiger partial charge on any atom is 0.254 e. The van der Waals surface area contributed by atoms with Crippen LogP contribution in [0.15, 0.2) is 24.3 Å². The number of amides is 1. The molecule has 1 atom stereocenters. The molecule has 2 N–H and O–H groups in total. The number of aliphatic hydroxyl groups excluding tert-OH is 1. The smallest absolute Gasteiger partial charge is 0.254 e. The van der Waals surface area contributed by atoms with E-state index >= 15 is 0 Å². The van der Waals surface area contributed by atoms with Crippen molar-refractivity contribution >= 4 is 52.3 Å². The van der Waals surface area contributed by atoms with Gasteiger partial charge >= 0.3 is 0 Å². The van der Waals surface area contributed by atoms with Crippen LogP contribution in [-0.2, 0) is 0 Å². The Balaban J connectivity index is 2.78. The zero-order valence-corrected chi connectivity index (χ0v) is 10.8. The molecular weight excluding hydrogens is 296 g/mol. The van der Waals surface area contributed by atoms with E-state index in [1.165, 1.54) is 12.1 Å². The molecule has 1 amide bonds. The maximum atomic E-state index is 11.6. The molecule has 0 spiro atoms. The fraction of sp³-hybridized carbons (Fsp3) is 0.222. The molecule has 0 fully saturated rings. The topological polar surface area (TPSA) is 49.3 Å². The number of halogens is 4. The Bertz CT molecular complexity index is 391. The zero-order chi connectivity index (χ0) is 12.3.